The third kappa shape index (κ3) is 6.91. The van der Waals surface area contributed by atoms with Crippen LogP contribution in [0.3, 0.4) is 0 Å². The Morgan fingerprint density at radius 1 is 0.686 bits per heavy atom. The number of hydrogen-bond acceptors (Lipinski definition) is 15. The minimum atomic E-state index is -5.30. The van der Waals surface area contributed by atoms with E-state index in [2.05, 4.69) is 10.3 Å². The molecule has 0 aromatic heterocycles. The van der Waals surface area contributed by atoms with E-state index in [0.717, 1.165) is 0 Å². The van der Waals surface area contributed by atoms with Crippen LogP contribution in [0.2, 0.25) is 0 Å². The molecule has 0 amide bonds. The number of hydrogen-bond donors (Lipinski definition) is 6. The highest BCUT2D eigenvalue weighted by Gasteiger charge is 2.28. The summed E-state index contributed by atoms with van der Waals surface area (Å²) in [5, 5.41) is 12.6. The first-order chi connectivity index (χ1) is 23.6. The number of fused-ring (bicyclic) bond motifs is 2. The van der Waals surface area contributed by atoms with Crippen molar-refractivity contribution in [1.82, 2.24) is 4.98 Å². The molecule has 0 saturated carbocycles. The van der Waals surface area contributed by atoms with Crippen LogP contribution in [-0.4, -0.2) is 61.6 Å². The average molecular weight is 778 g/mol. The highest BCUT2D eigenvalue weighted by Crippen LogP contribution is 2.36. The van der Waals surface area contributed by atoms with Gasteiger partial charge in [0.25, 0.3) is 35.9 Å². The van der Waals surface area contributed by atoms with Crippen LogP contribution in [-0.2, 0) is 41.0 Å². The predicted octanol–water partition coefficient (Wildman–Crippen LogP) is 0.766. The predicted molar refractivity (Wildman–Crippen MR) is 178 cm³/mol. The normalized spacial score (nSPS) is 12.8. The summed E-state index contributed by atoms with van der Waals surface area (Å²) in [6.07, 6.45) is 0. The SMILES string of the molecule is Nc1cc(Nc2cc(S(=O)(=O)O)c3nc(=O)c(=C(O)c4ccccc4)c4c5ccccc5c(=O)c2c3=4)c(S(=O)(=O)O)cc1S(=O)(=O)O.O=S(=O)=O. The first-order valence-corrected chi connectivity index (χ1v) is 18.8. The fraction of sp³-hybridized carbons (Fsp3) is 0. The number of aromatic nitrogens is 1. The fourth-order valence-electron chi connectivity index (χ4n) is 5.44. The van der Waals surface area contributed by atoms with Crippen molar-refractivity contribution in [3.63, 3.8) is 0 Å². The number of nitrogens with zero attached hydrogens (tertiary/aromatic N) is 1. The summed E-state index contributed by atoms with van der Waals surface area (Å²) in [6.45, 7) is 0. The smallest absolute Gasteiger partial charge is 0.425 e. The van der Waals surface area contributed by atoms with Crippen molar-refractivity contribution in [3.05, 3.63) is 115 Å². The molecule has 6 rings (SSSR count). The molecule has 51 heavy (non-hydrogen) atoms. The molecule has 0 unspecified atom stereocenters. The summed E-state index contributed by atoms with van der Waals surface area (Å²) >= 11 is 0. The molecule has 18 nitrogen and oxygen atoms in total. The lowest BCUT2D eigenvalue weighted by molar-refractivity contribution is 0.479. The molecule has 0 radical (unpaired) electrons. The molecule has 7 N–H and O–H groups in total. The van der Waals surface area contributed by atoms with Crippen molar-refractivity contribution in [2.24, 2.45) is 0 Å². The number of nitrogens with two attached hydrogens (primary N) is 1. The lowest BCUT2D eigenvalue weighted by Gasteiger charge is -2.17. The van der Waals surface area contributed by atoms with Gasteiger partial charge in [0.2, 0.25) is 0 Å². The van der Waals surface area contributed by atoms with Crippen LogP contribution in [0.15, 0.2) is 97.1 Å². The quantitative estimate of drug-likeness (QED) is 0.100. The first-order valence-electron chi connectivity index (χ1n) is 13.5. The van der Waals surface area contributed by atoms with Crippen molar-refractivity contribution >= 4 is 85.5 Å². The molecule has 0 atom stereocenters. The Labute approximate surface area is 286 Å². The van der Waals surface area contributed by atoms with Crippen molar-refractivity contribution in [2.45, 2.75) is 14.7 Å². The molecule has 0 spiro atoms. The van der Waals surface area contributed by atoms with Crippen LogP contribution in [0.5, 0.6) is 0 Å². The summed E-state index contributed by atoms with van der Waals surface area (Å²) < 4.78 is 129. The van der Waals surface area contributed by atoms with Crippen LogP contribution < -0.4 is 27.3 Å². The van der Waals surface area contributed by atoms with Gasteiger partial charge < -0.3 is 16.2 Å². The van der Waals surface area contributed by atoms with Gasteiger partial charge in [0.05, 0.1) is 33.2 Å². The molecular weight excluding hydrogens is 759 g/mol. The molecule has 1 aliphatic carbocycles. The summed E-state index contributed by atoms with van der Waals surface area (Å²) in [7, 11) is -18.8. The lowest BCUT2D eigenvalue weighted by Crippen LogP contribution is -2.33. The molecule has 0 saturated heterocycles. The van der Waals surface area contributed by atoms with E-state index >= 15 is 0 Å². The molecule has 22 heteroatoms. The number of anilines is 3. The third-order valence-electron chi connectivity index (χ3n) is 7.36. The summed E-state index contributed by atoms with van der Waals surface area (Å²) in [4.78, 5) is 28.3. The van der Waals surface area contributed by atoms with Gasteiger partial charge in [-0.05, 0) is 23.6 Å². The van der Waals surface area contributed by atoms with E-state index in [-0.39, 0.29) is 26.8 Å². The minimum absolute atomic E-state index is 0.0343. The van der Waals surface area contributed by atoms with Gasteiger partial charge in [0, 0.05) is 21.4 Å². The fourth-order valence-corrected chi connectivity index (χ4v) is 7.46. The molecular formula is C29H19N3O15S4. The second-order valence-electron chi connectivity index (χ2n) is 10.4. The number of nitrogens with one attached hydrogen (secondary N) is 1. The van der Waals surface area contributed by atoms with Gasteiger partial charge in [0.1, 0.15) is 20.4 Å². The maximum atomic E-state index is 14.1. The largest absolute Gasteiger partial charge is 0.506 e. The highest BCUT2D eigenvalue weighted by molar-refractivity contribution is 7.87. The lowest BCUT2D eigenvalue weighted by atomic mass is 9.96. The Morgan fingerprint density at radius 3 is 1.76 bits per heavy atom. The van der Waals surface area contributed by atoms with Crippen LogP contribution in [0.25, 0.3) is 27.4 Å². The van der Waals surface area contributed by atoms with Gasteiger partial charge in [-0.2, -0.15) is 25.3 Å². The zero-order valence-corrected chi connectivity index (χ0v) is 28.1. The van der Waals surface area contributed by atoms with Gasteiger partial charge in [-0.15, -0.1) is 12.6 Å². The molecule has 1 aliphatic heterocycles. The Kier molecular flexibility index (Phi) is 9.29. The summed E-state index contributed by atoms with van der Waals surface area (Å²) in [6, 6.07) is 15.3. The number of nitrogen functional groups attached to an aromatic ring is 1. The third-order valence-corrected chi connectivity index (χ3v) is 10.0. The van der Waals surface area contributed by atoms with Crippen LogP contribution in [0, 0.1) is 10.4 Å². The van der Waals surface area contributed by atoms with E-state index in [9.17, 15) is 53.6 Å². The van der Waals surface area contributed by atoms with Crippen molar-refractivity contribution < 1.29 is 56.6 Å². The molecule has 0 bridgehead atoms. The Balaban J connectivity index is 0.00000120. The van der Waals surface area contributed by atoms with E-state index in [4.69, 9.17) is 18.4 Å². The van der Waals surface area contributed by atoms with E-state index in [1.807, 2.05) is 0 Å². The Morgan fingerprint density at radius 2 is 1.22 bits per heavy atom. The zero-order valence-electron chi connectivity index (χ0n) is 24.9. The monoisotopic (exact) mass is 777 g/mol. The number of rotatable bonds is 6. The van der Waals surface area contributed by atoms with Crippen LogP contribution >= 0.6 is 0 Å². The van der Waals surface area contributed by atoms with Crippen LogP contribution in [0.4, 0.5) is 17.1 Å². The number of aliphatic hydroxyl groups excluding tert-OH is 1. The molecule has 264 valence electrons. The molecule has 4 aromatic rings. The molecule has 4 aromatic carbocycles. The van der Waals surface area contributed by atoms with E-state index in [1.54, 1.807) is 18.2 Å². The molecule has 1 heterocycles. The highest BCUT2D eigenvalue weighted by atomic mass is 32.2. The van der Waals surface area contributed by atoms with Gasteiger partial charge in [-0.3, -0.25) is 23.2 Å². The maximum absolute atomic E-state index is 14.1. The molecule has 2 aliphatic rings. The van der Waals surface area contributed by atoms with Crippen molar-refractivity contribution in [3.8, 4) is 0 Å². The summed E-state index contributed by atoms with van der Waals surface area (Å²) in [5.41, 5.74) is 1.41. The Bertz CT molecular complexity index is 3140. The van der Waals surface area contributed by atoms with Gasteiger partial charge in [0.15, 0.2) is 5.43 Å². The van der Waals surface area contributed by atoms with Gasteiger partial charge in [-0.25, -0.2) is 4.98 Å². The molecule has 0 fully saturated rings. The number of aliphatic hydroxyl groups is 1. The summed E-state index contributed by atoms with van der Waals surface area (Å²) in [5.74, 6) is -0.580. The van der Waals surface area contributed by atoms with Crippen molar-refractivity contribution in [1.29, 1.82) is 0 Å². The van der Waals surface area contributed by atoms with E-state index in [0.29, 0.717) is 18.2 Å². The van der Waals surface area contributed by atoms with E-state index in [1.165, 1.54) is 36.4 Å². The standard InChI is InChI=1S/C29H19N3O12S3.O3S/c30-16-10-17(20(46(39,40)41)12-19(16)45(36,37)38)31-18-11-21(47(42,43)44)26-24-22(14-8-4-5-9-15(14)28(34)23(18)24)25(29(35)32-26)27(33)13-6-2-1-3-7-13;1-4(2)3/h1-12,31,33H,30H2,(H,36,37,38)(H,39,40,41)(H,42,43,44);. The zero-order chi connectivity index (χ0) is 37.8. The average Bonchev–Trinajstić information content (AvgIpc) is 3.01. The number of benzene rings is 4. The van der Waals surface area contributed by atoms with E-state index < -0.39 is 106 Å². The van der Waals surface area contributed by atoms with Gasteiger partial charge in [-0.1, -0.05) is 54.6 Å². The van der Waals surface area contributed by atoms with Gasteiger partial charge >= 0.3 is 10.6 Å². The topological polar surface area (TPSA) is 320 Å². The van der Waals surface area contributed by atoms with Crippen molar-refractivity contribution in [2.75, 3.05) is 11.1 Å². The maximum Gasteiger partial charge on any atom is 0.425 e. The minimum Gasteiger partial charge on any atom is -0.506 e. The second kappa shape index (κ2) is 12.9. The second-order valence-corrected chi connectivity index (χ2v) is 15.0. The first kappa shape index (κ1) is 36.7. The van der Waals surface area contributed by atoms with Crippen LogP contribution in [0.1, 0.15) is 5.56 Å². The Hall–Kier alpha value is -5.62.